The number of hydrogen-bond acceptors (Lipinski definition) is 0. The van der Waals surface area contributed by atoms with E-state index in [2.05, 4.69) is 38.1 Å². The molecule has 2 heteroatoms. The Morgan fingerprint density at radius 2 is 1.73 bits per heavy atom. The van der Waals surface area contributed by atoms with Crippen molar-refractivity contribution in [3.8, 4) is 0 Å². The van der Waals surface area contributed by atoms with Crippen molar-refractivity contribution >= 4 is 16.6 Å². The monoisotopic (exact) mass is 219 g/mol. The number of halogens is 1. The quantitative estimate of drug-likeness (QED) is 0.638. The Kier molecular flexibility index (Phi) is 4.96. The van der Waals surface area contributed by atoms with Gasteiger partial charge in [-0.05, 0) is 0 Å². The minimum absolute atomic E-state index is 0. The molecule has 1 rings (SSSR count). The molecule has 0 atom stereocenters. The van der Waals surface area contributed by atoms with Crippen molar-refractivity contribution in [2.75, 3.05) is 0 Å². The third-order valence-electron chi connectivity index (χ3n) is 1.68. The van der Waals surface area contributed by atoms with Gasteiger partial charge in [0, 0.05) is 0 Å². The predicted octanol–water partition coefficient (Wildman–Crippen LogP) is 2.40. The molecule has 0 aromatic heterocycles. The fraction of sp³-hybridized carbons (Fsp3) is 0.333. The van der Waals surface area contributed by atoms with Crippen LogP contribution in [-0.4, -0.2) is 0 Å². The third-order valence-corrected chi connectivity index (χ3v) is 3.03. The van der Waals surface area contributed by atoms with E-state index < -0.39 is 0 Å². The Morgan fingerprint density at radius 3 is 2.09 bits per heavy atom. The topological polar surface area (TPSA) is 0 Å². The van der Waals surface area contributed by atoms with Crippen molar-refractivity contribution in [3.63, 3.8) is 0 Å². The maximum absolute atomic E-state index is 2.24. The van der Waals surface area contributed by atoms with Crippen LogP contribution in [0.25, 0.3) is 0 Å². The van der Waals surface area contributed by atoms with Crippen LogP contribution in [0.1, 0.15) is 25.3 Å². The minimum Gasteiger partial charge on any atom is -0.147 e. The molecule has 0 N–H and O–H groups in total. The Morgan fingerprint density at radius 1 is 1.18 bits per heavy atom. The van der Waals surface area contributed by atoms with E-state index in [1.165, 1.54) is 28.0 Å². The molecule has 0 radical (unpaired) electrons. The van der Waals surface area contributed by atoms with Crippen molar-refractivity contribution in [2.45, 2.75) is 19.8 Å². The van der Waals surface area contributed by atoms with Crippen LogP contribution in [0.15, 0.2) is 24.3 Å². The van der Waals surface area contributed by atoms with Crippen LogP contribution >= 0.6 is 12.4 Å². The van der Waals surface area contributed by atoms with Crippen molar-refractivity contribution in [2.24, 2.45) is 0 Å². The molecule has 0 heterocycles. The average Bonchev–Trinajstić information content (AvgIpc) is 1.88. The first-order valence-electron chi connectivity index (χ1n) is 3.62. The Hall–Kier alpha value is 0.133. The van der Waals surface area contributed by atoms with Crippen LogP contribution in [0.2, 0.25) is 0 Å². The summed E-state index contributed by atoms with van der Waals surface area (Å²) in [4.78, 5) is 0. The Bertz CT molecular complexity index is 221. The zero-order chi connectivity index (χ0) is 7.56. The number of rotatable bonds is 1. The van der Waals surface area contributed by atoms with E-state index in [4.69, 9.17) is 0 Å². The fourth-order valence-corrected chi connectivity index (χ4v) is 2.49. The largest absolute Gasteiger partial charge is 0.147 e. The van der Waals surface area contributed by atoms with Gasteiger partial charge in [-0.2, -0.15) is 0 Å². The van der Waals surface area contributed by atoms with Crippen molar-refractivity contribution in [3.05, 3.63) is 29.8 Å². The van der Waals surface area contributed by atoms with E-state index in [0.29, 0.717) is 5.92 Å². The van der Waals surface area contributed by atoms with Crippen LogP contribution < -0.4 is 4.16 Å². The summed E-state index contributed by atoms with van der Waals surface area (Å²) in [5.41, 5.74) is 1.52. The summed E-state index contributed by atoms with van der Waals surface area (Å²) in [5, 5.41) is 0. The normalized spacial score (nSPS) is 9.55. The van der Waals surface area contributed by atoms with Crippen LogP contribution in [0.4, 0.5) is 0 Å². The molecule has 57 valence electrons. The predicted molar refractivity (Wildman–Crippen MR) is 47.4 cm³/mol. The Labute approximate surface area is 84.5 Å². The second-order valence-electron chi connectivity index (χ2n) is 2.85. The third kappa shape index (κ3) is 2.93. The maximum atomic E-state index is 2.24. The average molecular weight is 221 g/mol. The van der Waals surface area contributed by atoms with Gasteiger partial charge in [0.1, 0.15) is 0 Å². The van der Waals surface area contributed by atoms with Gasteiger partial charge in [-0.1, -0.05) is 0 Å². The minimum atomic E-state index is 0. The van der Waals surface area contributed by atoms with Gasteiger partial charge in [-0.3, -0.25) is 0 Å². The maximum Gasteiger partial charge on any atom is -0.147 e. The van der Waals surface area contributed by atoms with Crippen LogP contribution in [0, 0.1) is 0 Å². The fourth-order valence-electron chi connectivity index (χ4n) is 1.10. The van der Waals surface area contributed by atoms with Gasteiger partial charge >= 0.3 is 72.1 Å². The molecule has 11 heavy (non-hydrogen) atoms. The molecule has 0 saturated heterocycles. The van der Waals surface area contributed by atoms with Gasteiger partial charge in [0.2, 0.25) is 0 Å². The van der Waals surface area contributed by atoms with Crippen LogP contribution in [0.3, 0.4) is 0 Å². The summed E-state index contributed by atoms with van der Waals surface area (Å²) < 4.78 is 1.53. The molecule has 0 spiro atoms. The van der Waals surface area contributed by atoms with Crippen LogP contribution in [-0.2, 0) is 18.3 Å². The van der Waals surface area contributed by atoms with E-state index in [-0.39, 0.29) is 12.4 Å². The number of hydrogen-bond donors (Lipinski definition) is 0. The van der Waals surface area contributed by atoms with Gasteiger partial charge in [-0.25, -0.2) is 0 Å². The van der Waals surface area contributed by atoms with Gasteiger partial charge in [0.05, 0.1) is 0 Å². The number of benzene rings is 1. The molecule has 0 saturated carbocycles. The zero-order valence-corrected chi connectivity index (χ0v) is 10.8. The molecule has 0 fully saturated rings. The van der Waals surface area contributed by atoms with E-state index in [9.17, 15) is 0 Å². The second-order valence-corrected chi connectivity index (χ2v) is 4.45. The summed E-state index contributed by atoms with van der Waals surface area (Å²) in [5.74, 6) is 0.685. The van der Waals surface area contributed by atoms with Gasteiger partial charge in [0.25, 0.3) is 0 Å². The summed E-state index contributed by atoms with van der Waals surface area (Å²) >= 11 is 1.27. The van der Waals surface area contributed by atoms with E-state index in [0.717, 1.165) is 0 Å². The van der Waals surface area contributed by atoms with Gasteiger partial charge in [0.15, 0.2) is 0 Å². The summed E-state index contributed by atoms with van der Waals surface area (Å²) in [6, 6.07) is 8.68. The molecule has 1 aromatic carbocycles. The SMILES string of the molecule is CC(C)c1cccc[c]1[Zn].Cl. The second kappa shape index (κ2) is 4.90. The molecule has 1 aromatic rings. The van der Waals surface area contributed by atoms with Gasteiger partial charge in [-0.15, -0.1) is 12.4 Å². The molecule has 0 amide bonds. The molecule has 0 unspecified atom stereocenters. The van der Waals surface area contributed by atoms with E-state index >= 15 is 0 Å². The van der Waals surface area contributed by atoms with Crippen molar-refractivity contribution in [1.82, 2.24) is 0 Å². The zero-order valence-electron chi connectivity index (χ0n) is 7.00. The molecule has 0 aliphatic rings. The standard InChI is InChI=1S/C9H11.ClH.Zn/c1-8(2)9-6-4-3-5-7-9;;/h3-6,8H,1-2H3;1H;. The van der Waals surface area contributed by atoms with Gasteiger partial charge < -0.3 is 0 Å². The van der Waals surface area contributed by atoms with Crippen molar-refractivity contribution in [1.29, 1.82) is 0 Å². The smallest absolute Gasteiger partial charge is 0.147 e. The first-order chi connectivity index (χ1) is 4.72. The molecule has 0 bridgehead atoms. The van der Waals surface area contributed by atoms with Crippen LogP contribution in [0.5, 0.6) is 0 Å². The molecule has 0 nitrogen and oxygen atoms in total. The van der Waals surface area contributed by atoms with E-state index in [1.54, 1.807) is 0 Å². The molecular weight excluding hydrogens is 209 g/mol. The van der Waals surface area contributed by atoms with E-state index in [1.807, 2.05) is 0 Å². The summed E-state index contributed by atoms with van der Waals surface area (Å²) in [6.07, 6.45) is 0. The first-order valence-corrected chi connectivity index (χ1v) is 5.11. The van der Waals surface area contributed by atoms with Crippen molar-refractivity contribution < 1.29 is 18.3 Å². The Balaban J connectivity index is 0.000001000. The molecule has 0 aliphatic heterocycles. The molecular formula is C9H12ClZn. The first kappa shape index (κ1) is 11.1. The summed E-state index contributed by atoms with van der Waals surface area (Å²) in [6.45, 7) is 4.49. The summed E-state index contributed by atoms with van der Waals surface area (Å²) in [7, 11) is 0. The molecule has 0 aliphatic carbocycles.